The molecule has 0 aliphatic rings. The number of rotatable bonds is 7. The number of hydrogen-bond donors (Lipinski definition) is 3. The van der Waals surface area contributed by atoms with Gasteiger partial charge in [0.15, 0.2) is 0 Å². The standard InChI is InChI=1S/C20H21ClN4O/c1-13(6-4-5-11-22)23-18-12-14(9-10-17(18)21)19-15-7-2-3-8-16(15)20(26)25-24-19/h2-3,7-10,12,23H,1,4-6,11,22H2,(H,25,26). The second-order valence-corrected chi connectivity index (χ2v) is 6.52. The maximum Gasteiger partial charge on any atom is 0.272 e. The Balaban J connectivity index is 1.94. The molecular weight excluding hydrogens is 348 g/mol. The summed E-state index contributed by atoms with van der Waals surface area (Å²) in [6.45, 7) is 4.73. The van der Waals surface area contributed by atoms with Crippen LogP contribution in [0.15, 0.2) is 59.5 Å². The van der Waals surface area contributed by atoms with Crippen LogP contribution in [0.5, 0.6) is 0 Å². The van der Waals surface area contributed by atoms with Crippen LogP contribution in [0.2, 0.25) is 5.02 Å². The van der Waals surface area contributed by atoms with Crippen LogP contribution in [0.4, 0.5) is 5.69 Å². The van der Waals surface area contributed by atoms with Gasteiger partial charge in [-0.25, -0.2) is 5.10 Å². The van der Waals surface area contributed by atoms with Crippen LogP contribution in [0.25, 0.3) is 22.0 Å². The molecule has 0 unspecified atom stereocenters. The Morgan fingerprint density at radius 3 is 2.73 bits per heavy atom. The van der Waals surface area contributed by atoms with Gasteiger partial charge in [-0.1, -0.05) is 42.4 Å². The third kappa shape index (κ3) is 3.95. The van der Waals surface area contributed by atoms with Gasteiger partial charge in [0, 0.05) is 16.6 Å². The molecule has 1 heterocycles. The van der Waals surface area contributed by atoms with Crippen LogP contribution in [0, 0.1) is 0 Å². The number of aromatic amines is 1. The van der Waals surface area contributed by atoms with E-state index in [2.05, 4.69) is 22.1 Å². The van der Waals surface area contributed by atoms with Crippen LogP contribution in [0.3, 0.4) is 0 Å². The predicted octanol–water partition coefficient (Wildman–Crippen LogP) is 4.30. The quantitative estimate of drug-likeness (QED) is 0.543. The number of benzene rings is 2. The van der Waals surface area contributed by atoms with Crippen LogP contribution in [0.1, 0.15) is 19.3 Å². The maximum absolute atomic E-state index is 12.0. The van der Waals surface area contributed by atoms with Crippen molar-refractivity contribution in [3.63, 3.8) is 0 Å². The van der Waals surface area contributed by atoms with Gasteiger partial charge < -0.3 is 11.1 Å². The van der Waals surface area contributed by atoms with E-state index in [1.807, 2.05) is 36.4 Å². The molecule has 2 aromatic carbocycles. The summed E-state index contributed by atoms with van der Waals surface area (Å²) in [4.78, 5) is 12.0. The zero-order chi connectivity index (χ0) is 18.5. The zero-order valence-corrected chi connectivity index (χ0v) is 15.1. The topological polar surface area (TPSA) is 83.8 Å². The number of nitrogens with two attached hydrogens (primary N) is 1. The van der Waals surface area contributed by atoms with Crippen molar-refractivity contribution in [3.8, 4) is 11.3 Å². The number of hydrogen-bond acceptors (Lipinski definition) is 4. The van der Waals surface area contributed by atoms with E-state index in [0.29, 0.717) is 22.6 Å². The van der Waals surface area contributed by atoms with Crippen molar-refractivity contribution in [2.45, 2.75) is 19.3 Å². The van der Waals surface area contributed by atoms with E-state index in [-0.39, 0.29) is 5.56 Å². The van der Waals surface area contributed by atoms with Gasteiger partial charge in [-0.05, 0) is 44.0 Å². The molecule has 4 N–H and O–H groups in total. The predicted molar refractivity (Wildman–Crippen MR) is 108 cm³/mol. The minimum atomic E-state index is -0.204. The van der Waals surface area contributed by atoms with Crippen molar-refractivity contribution in [2.75, 3.05) is 11.9 Å². The molecule has 0 aliphatic heterocycles. The Kier molecular flexibility index (Phi) is 5.71. The third-order valence-corrected chi connectivity index (χ3v) is 4.51. The van der Waals surface area contributed by atoms with Crippen molar-refractivity contribution in [2.24, 2.45) is 5.73 Å². The molecule has 134 valence electrons. The number of H-pyrrole nitrogens is 1. The lowest BCUT2D eigenvalue weighted by Crippen LogP contribution is -2.09. The molecule has 0 saturated heterocycles. The summed E-state index contributed by atoms with van der Waals surface area (Å²) in [5.74, 6) is 0. The fraction of sp³-hybridized carbons (Fsp3) is 0.200. The van der Waals surface area contributed by atoms with Crippen molar-refractivity contribution in [1.29, 1.82) is 0 Å². The first-order valence-corrected chi connectivity index (χ1v) is 8.90. The van der Waals surface area contributed by atoms with E-state index in [1.165, 1.54) is 0 Å². The number of aromatic nitrogens is 2. The van der Waals surface area contributed by atoms with Gasteiger partial charge in [-0.15, -0.1) is 0 Å². The molecule has 0 aliphatic carbocycles. The minimum Gasteiger partial charge on any atom is -0.358 e. The fourth-order valence-corrected chi connectivity index (χ4v) is 3.00. The van der Waals surface area contributed by atoms with Crippen LogP contribution in [-0.4, -0.2) is 16.7 Å². The molecule has 6 heteroatoms. The van der Waals surface area contributed by atoms with Gasteiger partial charge in [0.25, 0.3) is 5.56 Å². The Bertz CT molecular complexity index is 997. The van der Waals surface area contributed by atoms with E-state index >= 15 is 0 Å². The fourth-order valence-electron chi connectivity index (χ4n) is 2.84. The first kappa shape index (κ1) is 18.2. The van der Waals surface area contributed by atoms with E-state index < -0.39 is 0 Å². The first-order chi connectivity index (χ1) is 12.6. The smallest absolute Gasteiger partial charge is 0.272 e. The Morgan fingerprint density at radius 2 is 1.96 bits per heavy atom. The minimum absolute atomic E-state index is 0.204. The van der Waals surface area contributed by atoms with Crippen molar-refractivity contribution < 1.29 is 0 Å². The van der Waals surface area contributed by atoms with Gasteiger partial charge >= 0.3 is 0 Å². The number of allylic oxidation sites excluding steroid dienone is 1. The van der Waals surface area contributed by atoms with Gasteiger partial charge in [-0.3, -0.25) is 4.79 Å². The number of unbranched alkanes of at least 4 members (excludes halogenated alkanes) is 1. The molecule has 0 radical (unpaired) electrons. The lowest BCUT2D eigenvalue weighted by Gasteiger charge is -2.13. The second-order valence-electron chi connectivity index (χ2n) is 6.12. The van der Waals surface area contributed by atoms with Crippen LogP contribution >= 0.6 is 11.6 Å². The molecule has 0 amide bonds. The lowest BCUT2D eigenvalue weighted by atomic mass is 10.0. The summed E-state index contributed by atoms with van der Waals surface area (Å²) < 4.78 is 0. The Morgan fingerprint density at radius 1 is 1.19 bits per heavy atom. The van der Waals surface area contributed by atoms with Gasteiger partial charge in [0.05, 0.1) is 21.8 Å². The summed E-state index contributed by atoms with van der Waals surface area (Å²) in [7, 11) is 0. The summed E-state index contributed by atoms with van der Waals surface area (Å²) >= 11 is 6.33. The number of halogens is 1. The number of nitrogens with zero attached hydrogens (tertiary/aromatic N) is 1. The zero-order valence-electron chi connectivity index (χ0n) is 14.4. The largest absolute Gasteiger partial charge is 0.358 e. The number of nitrogens with one attached hydrogen (secondary N) is 2. The summed E-state index contributed by atoms with van der Waals surface area (Å²) in [5, 5.41) is 12.1. The van der Waals surface area contributed by atoms with Crippen molar-refractivity contribution in [1.82, 2.24) is 10.2 Å². The maximum atomic E-state index is 12.0. The molecule has 0 atom stereocenters. The van der Waals surface area contributed by atoms with E-state index in [0.717, 1.165) is 41.6 Å². The molecule has 5 nitrogen and oxygen atoms in total. The van der Waals surface area contributed by atoms with E-state index in [9.17, 15) is 4.79 Å². The molecule has 3 aromatic rings. The van der Waals surface area contributed by atoms with E-state index in [4.69, 9.17) is 17.3 Å². The Labute approximate surface area is 156 Å². The molecule has 0 fully saturated rings. The van der Waals surface area contributed by atoms with Gasteiger partial charge in [0.1, 0.15) is 0 Å². The molecule has 26 heavy (non-hydrogen) atoms. The van der Waals surface area contributed by atoms with Crippen molar-refractivity contribution >= 4 is 28.1 Å². The first-order valence-electron chi connectivity index (χ1n) is 8.52. The third-order valence-electron chi connectivity index (χ3n) is 4.18. The molecule has 0 spiro atoms. The van der Waals surface area contributed by atoms with Gasteiger partial charge in [0.2, 0.25) is 0 Å². The average Bonchev–Trinajstić information content (AvgIpc) is 2.64. The molecule has 1 aromatic heterocycles. The summed E-state index contributed by atoms with van der Waals surface area (Å²) in [6, 6.07) is 13.0. The molecule has 0 bridgehead atoms. The lowest BCUT2D eigenvalue weighted by molar-refractivity contribution is 0.743. The van der Waals surface area contributed by atoms with Crippen LogP contribution < -0.4 is 16.6 Å². The highest BCUT2D eigenvalue weighted by atomic mass is 35.5. The molecular formula is C20H21ClN4O. The highest BCUT2D eigenvalue weighted by Crippen LogP contribution is 2.31. The van der Waals surface area contributed by atoms with Gasteiger partial charge in [-0.2, -0.15) is 5.10 Å². The second kappa shape index (κ2) is 8.17. The summed E-state index contributed by atoms with van der Waals surface area (Å²) in [6.07, 6.45) is 2.77. The number of anilines is 1. The van der Waals surface area contributed by atoms with Crippen LogP contribution in [-0.2, 0) is 0 Å². The average molecular weight is 369 g/mol. The SMILES string of the molecule is C=C(CCCCN)Nc1cc(-c2n[nH]c(=O)c3ccccc23)ccc1Cl. The van der Waals surface area contributed by atoms with Crippen molar-refractivity contribution in [3.05, 3.63) is 70.1 Å². The van der Waals surface area contributed by atoms with E-state index in [1.54, 1.807) is 6.07 Å². The highest BCUT2D eigenvalue weighted by Gasteiger charge is 2.11. The number of fused-ring (bicyclic) bond motifs is 1. The Hall–Kier alpha value is -2.63. The molecule has 3 rings (SSSR count). The monoisotopic (exact) mass is 368 g/mol. The molecule has 0 saturated carbocycles. The normalized spacial score (nSPS) is 10.8. The highest BCUT2D eigenvalue weighted by molar-refractivity contribution is 6.33. The summed E-state index contributed by atoms with van der Waals surface area (Å²) in [5.41, 5.74) is 8.54.